The quantitative estimate of drug-likeness (QED) is 0.718. The Morgan fingerprint density at radius 1 is 1.22 bits per heavy atom. The highest BCUT2D eigenvalue weighted by molar-refractivity contribution is 5.74. The molecular formula is C18H31N3O2. The largest absolute Gasteiger partial charge is 0.391 e. The standard InChI is InChI=1S/C18H31N3O2/c1-18(2,3)16(22)12-19-17(23)20-15(13-21(4)5)11-14-9-7-6-8-10-14/h6-10,15-16,22H,11-13H2,1-5H3,(H2,19,20,23). The Hall–Kier alpha value is -1.59. The minimum Gasteiger partial charge on any atom is -0.391 e. The fourth-order valence-corrected chi connectivity index (χ4v) is 2.23. The second-order valence-corrected chi connectivity index (χ2v) is 7.39. The molecular weight excluding hydrogens is 290 g/mol. The van der Waals surface area contributed by atoms with Gasteiger partial charge in [-0.05, 0) is 31.5 Å². The highest BCUT2D eigenvalue weighted by Gasteiger charge is 2.23. The first-order valence-electron chi connectivity index (χ1n) is 8.09. The summed E-state index contributed by atoms with van der Waals surface area (Å²) >= 11 is 0. The van der Waals surface area contributed by atoms with Crippen LogP contribution in [-0.2, 0) is 6.42 Å². The molecule has 0 saturated carbocycles. The number of rotatable bonds is 7. The van der Waals surface area contributed by atoms with Crippen LogP contribution < -0.4 is 10.6 Å². The van der Waals surface area contributed by atoms with E-state index < -0.39 is 6.10 Å². The summed E-state index contributed by atoms with van der Waals surface area (Å²) in [7, 11) is 3.97. The van der Waals surface area contributed by atoms with E-state index in [1.54, 1.807) is 0 Å². The first kappa shape index (κ1) is 19.5. The van der Waals surface area contributed by atoms with Crippen LogP contribution in [0, 0.1) is 5.41 Å². The number of urea groups is 1. The number of nitrogens with one attached hydrogen (secondary N) is 2. The Morgan fingerprint density at radius 2 is 1.83 bits per heavy atom. The second kappa shape index (κ2) is 8.89. The minimum atomic E-state index is -0.574. The number of hydrogen-bond acceptors (Lipinski definition) is 3. The van der Waals surface area contributed by atoms with Gasteiger partial charge in [0.25, 0.3) is 0 Å². The van der Waals surface area contributed by atoms with Crippen LogP contribution >= 0.6 is 0 Å². The van der Waals surface area contributed by atoms with Crippen molar-refractivity contribution in [3.05, 3.63) is 35.9 Å². The van der Waals surface area contributed by atoms with Gasteiger partial charge in [0.2, 0.25) is 0 Å². The van der Waals surface area contributed by atoms with Crippen LogP contribution in [0.2, 0.25) is 0 Å². The Morgan fingerprint density at radius 3 is 2.35 bits per heavy atom. The van der Waals surface area contributed by atoms with Gasteiger partial charge in [0, 0.05) is 19.1 Å². The van der Waals surface area contributed by atoms with Crippen molar-refractivity contribution in [1.29, 1.82) is 0 Å². The zero-order chi connectivity index (χ0) is 17.5. The molecule has 0 fully saturated rings. The van der Waals surface area contributed by atoms with E-state index in [0.29, 0.717) is 0 Å². The predicted molar refractivity (Wildman–Crippen MR) is 94.5 cm³/mol. The van der Waals surface area contributed by atoms with Gasteiger partial charge in [-0.1, -0.05) is 51.1 Å². The Bertz CT molecular complexity index is 469. The van der Waals surface area contributed by atoms with Crippen LogP contribution in [0.1, 0.15) is 26.3 Å². The molecule has 0 aliphatic carbocycles. The number of aliphatic hydroxyl groups excluding tert-OH is 1. The van der Waals surface area contributed by atoms with Crippen molar-refractivity contribution in [3.63, 3.8) is 0 Å². The topological polar surface area (TPSA) is 64.6 Å². The van der Waals surface area contributed by atoms with E-state index in [1.165, 1.54) is 5.56 Å². The molecule has 5 nitrogen and oxygen atoms in total. The lowest BCUT2D eigenvalue weighted by Gasteiger charge is -2.27. The normalized spacial score (nSPS) is 14.4. The number of hydrogen-bond donors (Lipinski definition) is 3. The smallest absolute Gasteiger partial charge is 0.315 e. The van der Waals surface area contributed by atoms with Crippen molar-refractivity contribution in [2.75, 3.05) is 27.2 Å². The summed E-state index contributed by atoms with van der Waals surface area (Å²) in [6.45, 7) is 6.84. The van der Waals surface area contributed by atoms with E-state index in [0.717, 1.165) is 13.0 Å². The fraction of sp³-hybridized carbons (Fsp3) is 0.611. The summed E-state index contributed by atoms with van der Waals surface area (Å²) in [4.78, 5) is 14.2. The van der Waals surface area contributed by atoms with E-state index in [4.69, 9.17) is 0 Å². The van der Waals surface area contributed by atoms with Crippen molar-refractivity contribution < 1.29 is 9.90 Å². The highest BCUT2D eigenvalue weighted by atomic mass is 16.3. The summed E-state index contributed by atoms with van der Waals surface area (Å²) in [6.07, 6.45) is 0.198. The maximum atomic E-state index is 12.1. The maximum Gasteiger partial charge on any atom is 0.315 e. The molecule has 0 bridgehead atoms. The van der Waals surface area contributed by atoms with Crippen molar-refractivity contribution in [2.24, 2.45) is 5.41 Å². The molecule has 0 aliphatic heterocycles. The summed E-state index contributed by atoms with van der Waals surface area (Å²) < 4.78 is 0. The number of carbonyl (C=O) groups is 1. The van der Waals surface area contributed by atoms with E-state index >= 15 is 0 Å². The van der Waals surface area contributed by atoms with E-state index in [-0.39, 0.29) is 24.0 Å². The van der Waals surface area contributed by atoms with Gasteiger partial charge in [-0.2, -0.15) is 0 Å². The molecule has 2 atom stereocenters. The van der Waals surface area contributed by atoms with E-state index in [9.17, 15) is 9.90 Å². The first-order chi connectivity index (χ1) is 10.7. The number of nitrogens with zero attached hydrogens (tertiary/aromatic N) is 1. The molecule has 0 heterocycles. The summed E-state index contributed by atoms with van der Waals surface area (Å²) in [5.41, 5.74) is 0.940. The number of benzene rings is 1. The molecule has 5 heteroatoms. The third-order valence-corrected chi connectivity index (χ3v) is 3.70. The van der Waals surface area contributed by atoms with E-state index in [2.05, 4.69) is 27.7 Å². The van der Waals surface area contributed by atoms with Crippen LogP contribution in [-0.4, -0.2) is 55.4 Å². The van der Waals surface area contributed by atoms with Gasteiger partial charge in [0.05, 0.1) is 6.10 Å². The first-order valence-corrected chi connectivity index (χ1v) is 8.09. The van der Waals surface area contributed by atoms with Crippen molar-refractivity contribution in [2.45, 2.75) is 39.3 Å². The van der Waals surface area contributed by atoms with Crippen molar-refractivity contribution in [3.8, 4) is 0 Å². The van der Waals surface area contributed by atoms with Crippen LogP contribution in [0.3, 0.4) is 0 Å². The zero-order valence-corrected chi connectivity index (χ0v) is 15.0. The lowest BCUT2D eigenvalue weighted by atomic mass is 9.89. The zero-order valence-electron chi connectivity index (χ0n) is 15.0. The average Bonchev–Trinajstić information content (AvgIpc) is 2.44. The minimum absolute atomic E-state index is 0.0131. The van der Waals surface area contributed by atoms with Crippen molar-refractivity contribution in [1.82, 2.24) is 15.5 Å². The van der Waals surface area contributed by atoms with Gasteiger partial charge in [-0.3, -0.25) is 0 Å². The molecule has 0 aromatic heterocycles. The lowest BCUT2D eigenvalue weighted by molar-refractivity contribution is 0.0648. The molecule has 23 heavy (non-hydrogen) atoms. The average molecular weight is 321 g/mol. The van der Waals surface area contributed by atoms with Crippen LogP contribution in [0.15, 0.2) is 30.3 Å². The molecule has 1 rings (SSSR count). The molecule has 2 unspecified atom stereocenters. The summed E-state index contributed by atoms with van der Waals surface area (Å²) in [5.74, 6) is 0. The van der Waals surface area contributed by atoms with Gasteiger partial charge >= 0.3 is 6.03 Å². The Kier molecular flexibility index (Phi) is 7.52. The van der Waals surface area contributed by atoms with Gasteiger partial charge < -0.3 is 20.6 Å². The maximum absolute atomic E-state index is 12.1. The van der Waals surface area contributed by atoms with Crippen LogP contribution in [0.25, 0.3) is 0 Å². The Labute approximate surface area is 140 Å². The third-order valence-electron chi connectivity index (χ3n) is 3.70. The molecule has 0 aliphatic rings. The highest BCUT2D eigenvalue weighted by Crippen LogP contribution is 2.18. The molecule has 0 radical (unpaired) electrons. The monoisotopic (exact) mass is 321 g/mol. The fourth-order valence-electron chi connectivity index (χ4n) is 2.23. The summed E-state index contributed by atoms with van der Waals surface area (Å²) in [5, 5.41) is 15.8. The Balaban J connectivity index is 2.54. The predicted octanol–water partition coefficient (Wildman–Crippen LogP) is 1.87. The third kappa shape index (κ3) is 8.00. The van der Waals surface area contributed by atoms with Crippen LogP contribution in [0.4, 0.5) is 4.79 Å². The van der Waals surface area contributed by atoms with E-state index in [1.807, 2.05) is 53.1 Å². The molecule has 0 saturated heterocycles. The number of carbonyl (C=O) groups excluding carboxylic acids is 1. The number of aliphatic hydroxyl groups is 1. The molecule has 130 valence electrons. The summed E-state index contributed by atoms with van der Waals surface area (Å²) in [6, 6.07) is 9.88. The second-order valence-electron chi connectivity index (χ2n) is 7.39. The molecule has 0 spiro atoms. The van der Waals surface area contributed by atoms with Gasteiger partial charge in [-0.15, -0.1) is 0 Å². The SMILES string of the molecule is CN(C)CC(Cc1ccccc1)NC(=O)NCC(O)C(C)(C)C. The van der Waals surface area contributed by atoms with Crippen LogP contribution in [0.5, 0.6) is 0 Å². The van der Waals surface area contributed by atoms with Gasteiger partial charge in [0.1, 0.15) is 0 Å². The van der Waals surface area contributed by atoms with Crippen molar-refractivity contribution >= 4 is 6.03 Å². The number of amides is 2. The molecule has 2 amide bonds. The number of likely N-dealkylation sites (N-methyl/N-ethyl adjacent to an activating group) is 1. The van der Waals surface area contributed by atoms with Gasteiger partial charge in [-0.25, -0.2) is 4.79 Å². The molecule has 1 aromatic carbocycles. The molecule has 1 aromatic rings. The molecule has 3 N–H and O–H groups in total. The lowest BCUT2D eigenvalue weighted by Crippen LogP contribution is -2.50. The van der Waals surface area contributed by atoms with Gasteiger partial charge in [0.15, 0.2) is 0 Å².